The molecule has 2 unspecified atom stereocenters. The summed E-state index contributed by atoms with van der Waals surface area (Å²) in [7, 11) is 1.80. The summed E-state index contributed by atoms with van der Waals surface area (Å²) >= 11 is 3.48. The summed E-state index contributed by atoms with van der Waals surface area (Å²) in [5, 5.41) is 11.9. The summed E-state index contributed by atoms with van der Waals surface area (Å²) in [6.45, 7) is 4.89. The molecule has 9 heteroatoms. The van der Waals surface area contributed by atoms with Crippen LogP contribution in [-0.2, 0) is 4.79 Å². The number of hydrogen-bond donors (Lipinski definition) is 3. The van der Waals surface area contributed by atoms with Gasteiger partial charge < -0.3 is 16.0 Å². The third-order valence-corrected chi connectivity index (χ3v) is 6.34. The molecular weight excluding hydrogens is 493 g/mol. The van der Waals surface area contributed by atoms with Gasteiger partial charge in [-0.3, -0.25) is 9.79 Å². The van der Waals surface area contributed by atoms with Gasteiger partial charge in [-0.05, 0) is 39.5 Å². The molecule has 6 nitrogen and oxygen atoms in total. The van der Waals surface area contributed by atoms with Gasteiger partial charge in [0, 0.05) is 48.9 Å². The van der Waals surface area contributed by atoms with E-state index in [1.807, 2.05) is 25.4 Å². The molecule has 3 N–H and O–H groups in total. The fourth-order valence-electron chi connectivity index (χ4n) is 3.07. The second-order valence-corrected chi connectivity index (χ2v) is 9.10. The van der Waals surface area contributed by atoms with E-state index in [9.17, 15) is 4.79 Å². The first-order chi connectivity index (χ1) is 12.6. The zero-order valence-corrected chi connectivity index (χ0v) is 20.3. The van der Waals surface area contributed by atoms with Gasteiger partial charge in [0.15, 0.2) is 5.96 Å². The van der Waals surface area contributed by atoms with Crippen molar-refractivity contribution in [2.75, 3.05) is 19.3 Å². The second kappa shape index (κ2) is 13.6. The van der Waals surface area contributed by atoms with Crippen molar-refractivity contribution in [3.05, 3.63) is 11.6 Å². The number of rotatable bonds is 8. The highest BCUT2D eigenvalue weighted by Crippen LogP contribution is 2.24. The molecular formula is C18H32IN5OS2. The van der Waals surface area contributed by atoms with Gasteiger partial charge in [0.2, 0.25) is 5.91 Å². The molecule has 0 bridgehead atoms. The standard InChI is InChI=1S/C18H31N5OS2.HI/c1-13(2)22-16(24)14-6-4-7-15(12-14)23-17(19-3)20-8-5-10-25-18-21-9-11-26-18;/h9,11,13-15H,4-8,10,12H2,1-3H3,(H,22,24)(H2,19,20,23);1H. The summed E-state index contributed by atoms with van der Waals surface area (Å²) in [4.78, 5) is 20.9. The normalized spacial score (nSPS) is 20.1. The molecule has 1 aliphatic rings. The number of carbonyl (C=O) groups is 1. The SMILES string of the molecule is CN=C(NCCCSc1nccs1)NC1CCCC(C(=O)NC(C)C)C1.I. The Kier molecular flexibility index (Phi) is 12.3. The average molecular weight is 526 g/mol. The number of hydrogen-bond acceptors (Lipinski definition) is 5. The van der Waals surface area contributed by atoms with Crippen LogP contribution < -0.4 is 16.0 Å². The molecule has 1 heterocycles. The number of aliphatic imine (C=N–C) groups is 1. The molecule has 0 aliphatic heterocycles. The Bertz CT molecular complexity index is 568. The summed E-state index contributed by atoms with van der Waals surface area (Å²) in [5.74, 6) is 2.17. The van der Waals surface area contributed by atoms with Gasteiger partial charge in [-0.2, -0.15) is 0 Å². The molecule has 0 aromatic carbocycles. The predicted molar refractivity (Wildman–Crippen MR) is 126 cm³/mol. The topological polar surface area (TPSA) is 78.4 Å². The van der Waals surface area contributed by atoms with Crippen molar-refractivity contribution < 1.29 is 4.79 Å². The Morgan fingerprint density at radius 1 is 1.44 bits per heavy atom. The van der Waals surface area contributed by atoms with Crippen molar-refractivity contribution in [1.82, 2.24) is 20.9 Å². The van der Waals surface area contributed by atoms with Crippen LogP contribution in [-0.4, -0.2) is 48.3 Å². The quantitative estimate of drug-likeness (QED) is 0.159. The van der Waals surface area contributed by atoms with E-state index in [4.69, 9.17) is 0 Å². The number of nitrogens with one attached hydrogen (secondary N) is 3. The molecule has 0 radical (unpaired) electrons. The first-order valence-electron chi connectivity index (χ1n) is 9.38. The summed E-state index contributed by atoms with van der Waals surface area (Å²) in [5.41, 5.74) is 0. The number of thioether (sulfide) groups is 1. The highest BCUT2D eigenvalue weighted by Gasteiger charge is 2.27. The van der Waals surface area contributed by atoms with Gasteiger partial charge in [-0.15, -0.1) is 35.3 Å². The minimum absolute atomic E-state index is 0. The molecule has 1 aliphatic carbocycles. The molecule has 0 spiro atoms. The highest BCUT2D eigenvalue weighted by atomic mass is 127. The Morgan fingerprint density at radius 2 is 2.26 bits per heavy atom. The Labute approximate surface area is 188 Å². The Morgan fingerprint density at radius 3 is 2.93 bits per heavy atom. The minimum atomic E-state index is 0. The number of carbonyl (C=O) groups excluding carboxylic acids is 1. The lowest BCUT2D eigenvalue weighted by Gasteiger charge is -2.30. The van der Waals surface area contributed by atoms with E-state index in [0.29, 0.717) is 6.04 Å². The van der Waals surface area contributed by atoms with Gasteiger partial charge in [0.25, 0.3) is 0 Å². The van der Waals surface area contributed by atoms with Crippen molar-refractivity contribution in [2.24, 2.45) is 10.9 Å². The smallest absolute Gasteiger partial charge is 0.223 e. The molecule has 1 fully saturated rings. The van der Waals surface area contributed by atoms with Crippen LogP contribution in [0.5, 0.6) is 0 Å². The zero-order valence-electron chi connectivity index (χ0n) is 16.4. The van der Waals surface area contributed by atoms with E-state index in [-0.39, 0.29) is 41.8 Å². The van der Waals surface area contributed by atoms with E-state index in [0.717, 1.165) is 54.7 Å². The van der Waals surface area contributed by atoms with Crippen LogP contribution in [0.4, 0.5) is 0 Å². The van der Waals surface area contributed by atoms with Gasteiger partial charge >= 0.3 is 0 Å². The number of thiazole rings is 1. The molecule has 27 heavy (non-hydrogen) atoms. The van der Waals surface area contributed by atoms with Gasteiger partial charge in [0.05, 0.1) is 0 Å². The highest BCUT2D eigenvalue weighted by molar-refractivity contribution is 14.0. The van der Waals surface area contributed by atoms with E-state index >= 15 is 0 Å². The molecule has 1 saturated carbocycles. The lowest BCUT2D eigenvalue weighted by atomic mass is 9.85. The molecule has 2 rings (SSSR count). The van der Waals surface area contributed by atoms with Crippen LogP contribution in [0.1, 0.15) is 46.0 Å². The largest absolute Gasteiger partial charge is 0.356 e. The van der Waals surface area contributed by atoms with Gasteiger partial charge in [0.1, 0.15) is 4.34 Å². The molecule has 0 saturated heterocycles. The van der Waals surface area contributed by atoms with Crippen molar-refractivity contribution in [3.63, 3.8) is 0 Å². The Hall–Kier alpha value is -0.550. The van der Waals surface area contributed by atoms with E-state index in [2.05, 4.69) is 25.9 Å². The number of aromatic nitrogens is 1. The first kappa shape index (κ1) is 24.5. The third kappa shape index (κ3) is 9.47. The molecule has 1 aromatic heterocycles. The zero-order chi connectivity index (χ0) is 18.8. The van der Waals surface area contributed by atoms with Crippen LogP contribution >= 0.6 is 47.1 Å². The minimum Gasteiger partial charge on any atom is -0.356 e. The van der Waals surface area contributed by atoms with Gasteiger partial charge in [-0.1, -0.05) is 18.2 Å². The van der Waals surface area contributed by atoms with E-state index in [1.54, 1.807) is 30.1 Å². The van der Waals surface area contributed by atoms with Crippen molar-refractivity contribution in [2.45, 2.75) is 62.4 Å². The maximum atomic E-state index is 12.3. The number of guanidine groups is 1. The monoisotopic (exact) mass is 525 g/mol. The molecule has 2 atom stereocenters. The Balaban J connectivity index is 0.00000364. The predicted octanol–water partition coefficient (Wildman–Crippen LogP) is 3.49. The molecule has 1 aromatic rings. The lowest BCUT2D eigenvalue weighted by molar-refractivity contribution is -0.126. The summed E-state index contributed by atoms with van der Waals surface area (Å²) < 4.78 is 1.13. The molecule has 154 valence electrons. The number of nitrogens with zero attached hydrogens (tertiary/aromatic N) is 2. The van der Waals surface area contributed by atoms with Crippen molar-refractivity contribution in [1.29, 1.82) is 0 Å². The fourth-order valence-corrected chi connectivity index (χ4v) is 4.72. The van der Waals surface area contributed by atoms with Crippen LogP contribution in [0.2, 0.25) is 0 Å². The van der Waals surface area contributed by atoms with Gasteiger partial charge in [-0.25, -0.2) is 4.98 Å². The maximum absolute atomic E-state index is 12.3. The summed E-state index contributed by atoms with van der Waals surface area (Å²) in [6.07, 6.45) is 6.92. The van der Waals surface area contributed by atoms with Crippen LogP contribution in [0.25, 0.3) is 0 Å². The first-order valence-corrected chi connectivity index (χ1v) is 11.2. The summed E-state index contributed by atoms with van der Waals surface area (Å²) in [6, 6.07) is 0.509. The van der Waals surface area contributed by atoms with E-state index in [1.165, 1.54) is 0 Å². The second-order valence-electron chi connectivity index (χ2n) is 6.87. The van der Waals surface area contributed by atoms with E-state index < -0.39 is 0 Å². The number of halogens is 1. The van der Waals surface area contributed by atoms with Crippen molar-refractivity contribution in [3.8, 4) is 0 Å². The van der Waals surface area contributed by atoms with Crippen LogP contribution in [0.3, 0.4) is 0 Å². The average Bonchev–Trinajstić information content (AvgIpc) is 3.13. The molecule has 1 amide bonds. The van der Waals surface area contributed by atoms with Crippen LogP contribution in [0, 0.1) is 5.92 Å². The van der Waals surface area contributed by atoms with Crippen LogP contribution in [0.15, 0.2) is 20.9 Å². The lowest BCUT2D eigenvalue weighted by Crippen LogP contribution is -2.47. The van der Waals surface area contributed by atoms with Crippen molar-refractivity contribution >= 4 is 58.9 Å². The maximum Gasteiger partial charge on any atom is 0.223 e. The fraction of sp³-hybridized carbons (Fsp3) is 0.722. The number of amides is 1. The third-order valence-electron chi connectivity index (χ3n) is 4.29.